The SMILES string of the molecule is CCCc1nc(-c2cncn2CCC)c(N)n1C. The van der Waals surface area contributed by atoms with Crippen LogP contribution in [0.1, 0.15) is 32.5 Å². The lowest BCUT2D eigenvalue weighted by molar-refractivity contribution is 0.683. The molecule has 0 aliphatic rings. The standard InChI is InChI=1S/C13H21N5/c1-4-6-11-16-12(13(14)17(11)3)10-8-15-9-18(10)7-5-2/h8-9H,4-7,14H2,1-3H3. The van der Waals surface area contributed by atoms with Crippen molar-refractivity contribution in [2.24, 2.45) is 7.05 Å². The first-order valence-electron chi connectivity index (χ1n) is 6.50. The Morgan fingerprint density at radius 3 is 2.72 bits per heavy atom. The van der Waals surface area contributed by atoms with Crippen LogP contribution >= 0.6 is 0 Å². The molecule has 0 bridgehead atoms. The summed E-state index contributed by atoms with van der Waals surface area (Å²) >= 11 is 0. The van der Waals surface area contributed by atoms with Crippen molar-refractivity contribution >= 4 is 5.82 Å². The number of rotatable bonds is 5. The molecule has 0 spiro atoms. The van der Waals surface area contributed by atoms with Crippen LogP contribution in [0.15, 0.2) is 12.5 Å². The van der Waals surface area contributed by atoms with Gasteiger partial charge in [0.05, 0.1) is 18.2 Å². The van der Waals surface area contributed by atoms with Crippen LogP contribution in [0.5, 0.6) is 0 Å². The summed E-state index contributed by atoms with van der Waals surface area (Å²) < 4.78 is 4.08. The summed E-state index contributed by atoms with van der Waals surface area (Å²) in [5, 5.41) is 0. The van der Waals surface area contributed by atoms with E-state index in [-0.39, 0.29) is 0 Å². The molecular formula is C13H21N5. The molecule has 0 amide bonds. The molecule has 0 aliphatic carbocycles. The molecule has 2 rings (SSSR count). The number of aryl methyl sites for hydroxylation is 2. The molecule has 0 saturated carbocycles. The second kappa shape index (κ2) is 5.25. The molecule has 0 atom stereocenters. The van der Waals surface area contributed by atoms with Crippen molar-refractivity contribution in [2.45, 2.75) is 39.7 Å². The van der Waals surface area contributed by atoms with Gasteiger partial charge in [-0.2, -0.15) is 0 Å². The molecule has 0 radical (unpaired) electrons. The van der Waals surface area contributed by atoms with E-state index in [1.54, 1.807) is 0 Å². The molecule has 0 saturated heterocycles. The molecule has 98 valence electrons. The van der Waals surface area contributed by atoms with E-state index in [9.17, 15) is 0 Å². The van der Waals surface area contributed by atoms with Gasteiger partial charge in [0, 0.05) is 20.0 Å². The molecule has 2 N–H and O–H groups in total. The summed E-state index contributed by atoms with van der Waals surface area (Å²) in [5.74, 6) is 1.76. The van der Waals surface area contributed by atoms with Gasteiger partial charge in [0.25, 0.3) is 0 Å². The second-order valence-corrected chi connectivity index (χ2v) is 4.54. The number of aromatic nitrogens is 4. The van der Waals surface area contributed by atoms with Crippen LogP contribution in [0.3, 0.4) is 0 Å². The van der Waals surface area contributed by atoms with Crippen LogP contribution in [0, 0.1) is 0 Å². The average Bonchev–Trinajstić information content (AvgIpc) is 2.90. The zero-order chi connectivity index (χ0) is 13.1. The van der Waals surface area contributed by atoms with Gasteiger partial charge in [0.1, 0.15) is 17.3 Å². The minimum Gasteiger partial charge on any atom is -0.383 e. The molecule has 5 heteroatoms. The van der Waals surface area contributed by atoms with Gasteiger partial charge in [-0.1, -0.05) is 13.8 Å². The van der Waals surface area contributed by atoms with E-state index in [0.29, 0.717) is 0 Å². The van der Waals surface area contributed by atoms with Gasteiger partial charge in [-0.25, -0.2) is 9.97 Å². The summed E-state index contributed by atoms with van der Waals surface area (Å²) in [7, 11) is 1.97. The number of nitrogens with zero attached hydrogens (tertiary/aromatic N) is 4. The predicted octanol–water partition coefficient (Wildman–Crippen LogP) is 2.23. The summed E-state index contributed by atoms with van der Waals surface area (Å²) in [6.45, 7) is 5.23. The van der Waals surface area contributed by atoms with Crippen molar-refractivity contribution in [3.63, 3.8) is 0 Å². The van der Waals surface area contributed by atoms with Gasteiger partial charge < -0.3 is 14.9 Å². The summed E-state index contributed by atoms with van der Waals surface area (Å²) in [5.41, 5.74) is 8.01. The van der Waals surface area contributed by atoms with Gasteiger partial charge >= 0.3 is 0 Å². The molecule has 18 heavy (non-hydrogen) atoms. The predicted molar refractivity (Wildman–Crippen MR) is 73.1 cm³/mol. The summed E-state index contributed by atoms with van der Waals surface area (Å²) in [6, 6.07) is 0. The van der Waals surface area contributed by atoms with E-state index in [4.69, 9.17) is 5.73 Å². The topological polar surface area (TPSA) is 61.7 Å². The molecule has 0 fully saturated rings. The summed E-state index contributed by atoms with van der Waals surface area (Å²) in [6.07, 6.45) is 6.76. The molecule has 2 aromatic rings. The Bertz CT molecular complexity index is 523. The smallest absolute Gasteiger partial charge is 0.133 e. The first kappa shape index (κ1) is 12.7. The fourth-order valence-electron chi connectivity index (χ4n) is 2.13. The third-order valence-electron chi connectivity index (χ3n) is 3.13. The lowest BCUT2D eigenvalue weighted by atomic mass is 10.3. The van der Waals surface area contributed by atoms with E-state index in [1.807, 2.05) is 24.1 Å². The molecule has 0 aliphatic heterocycles. The average molecular weight is 247 g/mol. The van der Waals surface area contributed by atoms with Crippen LogP contribution in [-0.2, 0) is 20.0 Å². The van der Waals surface area contributed by atoms with Gasteiger partial charge in [-0.05, 0) is 12.8 Å². The molecule has 0 unspecified atom stereocenters. The first-order valence-corrected chi connectivity index (χ1v) is 6.50. The maximum Gasteiger partial charge on any atom is 0.133 e. The maximum atomic E-state index is 6.15. The van der Waals surface area contributed by atoms with Gasteiger partial charge in [-0.15, -0.1) is 0 Å². The van der Waals surface area contributed by atoms with Crippen molar-refractivity contribution in [1.29, 1.82) is 0 Å². The quantitative estimate of drug-likeness (QED) is 0.881. The Morgan fingerprint density at radius 1 is 1.28 bits per heavy atom. The van der Waals surface area contributed by atoms with Crippen molar-refractivity contribution < 1.29 is 0 Å². The number of imidazole rings is 2. The number of anilines is 1. The minimum atomic E-state index is 0.719. The normalized spacial score (nSPS) is 11.1. The highest BCUT2D eigenvalue weighted by molar-refractivity contribution is 5.67. The van der Waals surface area contributed by atoms with Crippen molar-refractivity contribution in [3.05, 3.63) is 18.3 Å². The van der Waals surface area contributed by atoms with Crippen molar-refractivity contribution in [1.82, 2.24) is 19.1 Å². The lowest BCUT2D eigenvalue weighted by Gasteiger charge is -2.05. The number of hydrogen-bond acceptors (Lipinski definition) is 3. The Hall–Kier alpha value is -1.78. The Balaban J connectivity index is 2.44. The van der Waals surface area contributed by atoms with E-state index in [0.717, 1.165) is 48.8 Å². The highest BCUT2D eigenvalue weighted by Gasteiger charge is 2.16. The minimum absolute atomic E-state index is 0.719. The van der Waals surface area contributed by atoms with Crippen LogP contribution in [0.4, 0.5) is 5.82 Å². The Kier molecular flexibility index (Phi) is 3.69. The third-order valence-corrected chi connectivity index (χ3v) is 3.13. The third kappa shape index (κ3) is 2.12. The van der Waals surface area contributed by atoms with Gasteiger partial charge in [0.15, 0.2) is 0 Å². The fraction of sp³-hybridized carbons (Fsp3) is 0.538. The van der Waals surface area contributed by atoms with Crippen LogP contribution in [-0.4, -0.2) is 19.1 Å². The van der Waals surface area contributed by atoms with E-state index >= 15 is 0 Å². The van der Waals surface area contributed by atoms with E-state index in [2.05, 4.69) is 28.4 Å². The zero-order valence-electron chi connectivity index (χ0n) is 11.3. The highest BCUT2D eigenvalue weighted by Crippen LogP contribution is 2.26. The van der Waals surface area contributed by atoms with Crippen molar-refractivity contribution in [2.75, 3.05) is 5.73 Å². The maximum absolute atomic E-state index is 6.15. The molecule has 2 heterocycles. The number of nitrogens with two attached hydrogens (primary N) is 1. The largest absolute Gasteiger partial charge is 0.383 e. The molecule has 2 aromatic heterocycles. The number of hydrogen-bond donors (Lipinski definition) is 1. The van der Waals surface area contributed by atoms with Crippen molar-refractivity contribution in [3.8, 4) is 11.4 Å². The number of nitrogen functional groups attached to an aromatic ring is 1. The van der Waals surface area contributed by atoms with Crippen LogP contribution < -0.4 is 5.73 Å². The van der Waals surface area contributed by atoms with E-state index < -0.39 is 0 Å². The van der Waals surface area contributed by atoms with E-state index in [1.165, 1.54) is 0 Å². The zero-order valence-corrected chi connectivity index (χ0v) is 11.3. The van der Waals surface area contributed by atoms with Gasteiger partial charge in [0.2, 0.25) is 0 Å². The van der Waals surface area contributed by atoms with Crippen LogP contribution in [0.25, 0.3) is 11.4 Å². The fourth-order valence-corrected chi connectivity index (χ4v) is 2.13. The molecular weight excluding hydrogens is 226 g/mol. The molecule has 5 nitrogen and oxygen atoms in total. The van der Waals surface area contributed by atoms with Gasteiger partial charge in [-0.3, -0.25) is 0 Å². The second-order valence-electron chi connectivity index (χ2n) is 4.54. The molecule has 0 aromatic carbocycles. The Labute approximate surface area is 108 Å². The van der Waals surface area contributed by atoms with Crippen LogP contribution in [0.2, 0.25) is 0 Å². The summed E-state index contributed by atoms with van der Waals surface area (Å²) in [4.78, 5) is 8.86. The lowest BCUT2D eigenvalue weighted by Crippen LogP contribution is -2.02. The Morgan fingerprint density at radius 2 is 2.06 bits per heavy atom. The first-order chi connectivity index (χ1) is 8.69. The monoisotopic (exact) mass is 247 g/mol. The highest BCUT2D eigenvalue weighted by atomic mass is 15.1.